The topological polar surface area (TPSA) is 41.9 Å². The lowest BCUT2D eigenvalue weighted by atomic mass is 10.1. The van der Waals surface area contributed by atoms with E-state index in [-0.39, 0.29) is 6.61 Å². The van der Waals surface area contributed by atoms with Crippen molar-refractivity contribution in [2.24, 2.45) is 5.92 Å². The molecule has 0 saturated carbocycles. The first-order chi connectivity index (χ1) is 9.67. The second kappa shape index (κ2) is 7.16. The van der Waals surface area contributed by atoms with E-state index in [4.69, 9.17) is 21.1 Å². The molecule has 1 heterocycles. The van der Waals surface area contributed by atoms with Crippen LogP contribution in [-0.2, 0) is 6.54 Å². The van der Waals surface area contributed by atoms with Crippen LogP contribution in [-0.4, -0.2) is 43.4 Å². The summed E-state index contributed by atoms with van der Waals surface area (Å²) in [5.74, 6) is 1.68. The number of hydrogen-bond donors (Lipinski definition) is 1. The molecule has 1 fully saturated rings. The van der Waals surface area contributed by atoms with Crippen molar-refractivity contribution in [3.63, 3.8) is 0 Å². The van der Waals surface area contributed by atoms with E-state index < -0.39 is 0 Å². The molecule has 1 atom stereocenters. The van der Waals surface area contributed by atoms with Crippen LogP contribution in [0, 0.1) is 5.92 Å². The minimum Gasteiger partial charge on any atom is -0.491 e. The molecule has 0 amide bonds. The van der Waals surface area contributed by atoms with Gasteiger partial charge < -0.3 is 14.6 Å². The summed E-state index contributed by atoms with van der Waals surface area (Å²) in [5, 5.41) is 9.77. The van der Waals surface area contributed by atoms with E-state index in [2.05, 4.69) is 4.90 Å². The highest BCUT2D eigenvalue weighted by atomic mass is 35.5. The van der Waals surface area contributed by atoms with Crippen molar-refractivity contribution in [3.8, 4) is 11.5 Å². The van der Waals surface area contributed by atoms with Crippen molar-refractivity contribution in [2.75, 3.05) is 33.4 Å². The highest BCUT2D eigenvalue weighted by Gasteiger charge is 2.22. The van der Waals surface area contributed by atoms with E-state index in [1.807, 2.05) is 19.1 Å². The molecule has 1 aliphatic rings. The quantitative estimate of drug-likeness (QED) is 0.876. The maximum Gasteiger partial charge on any atom is 0.179 e. The molecule has 2 rings (SSSR count). The molecular weight excluding hydrogens is 278 g/mol. The van der Waals surface area contributed by atoms with Gasteiger partial charge in [0.1, 0.15) is 0 Å². The number of rotatable bonds is 6. The van der Waals surface area contributed by atoms with Crippen LogP contribution in [0.2, 0.25) is 5.02 Å². The van der Waals surface area contributed by atoms with E-state index in [0.717, 1.165) is 31.6 Å². The number of aliphatic hydroxyl groups excluding tert-OH is 1. The Morgan fingerprint density at radius 2 is 2.25 bits per heavy atom. The van der Waals surface area contributed by atoms with Gasteiger partial charge in [-0.15, -0.1) is 0 Å². The SMILES string of the molecule is CCOc1cc(CN2CCC(CO)C2)cc(Cl)c1OC. The van der Waals surface area contributed by atoms with Gasteiger partial charge >= 0.3 is 0 Å². The van der Waals surface area contributed by atoms with E-state index in [9.17, 15) is 5.11 Å². The standard InChI is InChI=1S/C15H22ClNO3/c1-3-20-14-7-12(6-13(16)15(14)19-2)9-17-5-4-11(8-17)10-18/h6-7,11,18H,3-5,8-10H2,1-2H3. The highest BCUT2D eigenvalue weighted by Crippen LogP contribution is 2.36. The lowest BCUT2D eigenvalue weighted by Crippen LogP contribution is -2.21. The lowest BCUT2D eigenvalue weighted by molar-refractivity contribution is 0.220. The first-order valence-electron chi connectivity index (χ1n) is 7.00. The van der Waals surface area contributed by atoms with Gasteiger partial charge in [0.25, 0.3) is 0 Å². The van der Waals surface area contributed by atoms with Crippen LogP contribution in [0.3, 0.4) is 0 Å². The van der Waals surface area contributed by atoms with Gasteiger partial charge in [0.05, 0.1) is 18.7 Å². The van der Waals surface area contributed by atoms with Crippen molar-refractivity contribution >= 4 is 11.6 Å². The van der Waals surface area contributed by atoms with Crippen LogP contribution >= 0.6 is 11.6 Å². The molecule has 1 aromatic carbocycles. The minimum absolute atomic E-state index is 0.268. The molecule has 20 heavy (non-hydrogen) atoms. The molecule has 112 valence electrons. The van der Waals surface area contributed by atoms with Gasteiger partial charge in [0.15, 0.2) is 11.5 Å². The van der Waals surface area contributed by atoms with E-state index in [1.165, 1.54) is 0 Å². The molecule has 4 nitrogen and oxygen atoms in total. The third-order valence-electron chi connectivity index (χ3n) is 3.61. The third kappa shape index (κ3) is 3.57. The molecular formula is C15H22ClNO3. The number of nitrogens with zero attached hydrogens (tertiary/aromatic N) is 1. The maximum absolute atomic E-state index is 9.19. The summed E-state index contributed by atoms with van der Waals surface area (Å²) in [4.78, 5) is 2.33. The molecule has 1 N–H and O–H groups in total. The fraction of sp³-hybridized carbons (Fsp3) is 0.600. The summed E-state index contributed by atoms with van der Waals surface area (Å²) >= 11 is 6.25. The van der Waals surface area contributed by atoms with Gasteiger partial charge in [0, 0.05) is 19.7 Å². The Morgan fingerprint density at radius 3 is 2.85 bits per heavy atom. The summed E-state index contributed by atoms with van der Waals surface area (Å²) in [6.07, 6.45) is 1.05. The van der Waals surface area contributed by atoms with Gasteiger partial charge in [0.2, 0.25) is 0 Å². The molecule has 1 unspecified atom stereocenters. The molecule has 1 saturated heterocycles. The molecule has 0 spiro atoms. The smallest absolute Gasteiger partial charge is 0.179 e. The zero-order valence-electron chi connectivity index (χ0n) is 12.1. The van der Waals surface area contributed by atoms with E-state index >= 15 is 0 Å². The van der Waals surface area contributed by atoms with Crippen molar-refractivity contribution in [1.29, 1.82) is 0 Å². The maximum atomic E-state index is 9.19. The molecule has 0 radical (unpaired) electrons. The Bertz CT molecular complexity index is 453. The van der Waals surface area contributed by atoms with Crippen LogP contribution in [0.15, 0.2) is 12.1 Å². The highest BCUT2D eigenvalue weighted by molar-refractivity contribution is 6.32. The van der Waals surface area contributed by atoms with Gasteiger partial charge in [-0.1, -0.05) is 11.6 Å². The van der Waals surface area contributed by atoms with Gasteiger partial charge in [-0.2, -0.15) is 0 Å². The largest absolute Gasteiger partial charge is 0.491 e. The normalized spacial score (nSPS) is 19.3. The molecule has 0 aromatic heterocycles. The van der Waals surface area contributed by atoms with E-state index in [0.29, 0.717) is 29.0 Å². The van der Waals surface area contributed by atoms with Gasteiger partial charge in [-0.05, 0) is 43.5 Å². The number of ether oxygens (including phenoxy) is 2. The van der Waals surface area contributed by atoms with Crippen LogP contribution in [0.1, 0.15) is 18.9 Å². The Labute approximate surface area is 125 Å². The monoisotopic (exact) mass is 299 g/mol. The van der Waals surface area contributed by atoms with Gasteiger partial charge in [-0.3, -0.25) is 4.90 Å². The summed E-state index contributed by atoms with van der Waals surface area (Å²) in [6.45, 7) is 5.55. The molecule has 0 aliphatic carbocycles. The Hall–Kier alpha value is -0.970. The molecule has 5 heteroatoms. The lowest BCUT2D eigenvalue weighted by Gasteiger charge is -2.18. The Morgan fingerprint density at radius 1 is 1.45 bits per heavy atom. The fourth-order valence-electron chi connectivity index (χ4n) is 2.64. The van der Waals surface area contributed by atoms with Crippen LogP contribution < -0.4 is 9.47 Å². The zero-order valence-corrected chi connectivity index (χ0v) is 12.8. The third-order valence-corrected chi connectivity index (χ3v) is 3.89. The van der Waals surface area contributed by atoms with Crippen LogP contribution in [0.4, 0.5) is 0 Å². The number of benzene rings is 1. The second-order valence-corrected chi connectivity index (χ2v) is 5.52. The molecule has 1 aromatic rings. The number of hydrogen-bond acceptors (Lipinski definition) is 4. The van der Waals surface area contributed by atoms with Crippen molar-refractivity contribution in [2.45, 2.75) is 19.9 Å². The van der Waals surface area contributed by atoms with Crippen molar-refractivity contribution in [3.05, 3.63) is 22.7 Å². The fourth-order valence-corrected chi connectivity index (χ4v) is 2.95. The predicted octanol–water partition coefficient (Wildman–Crippen LogP) is 2.56. The van der Waals surface area contributed by atoms with Gasteiger partial charge in [-0.25, -0.2) is 0 Å². The number of halogens is 1. The Balaban J connectivity index is 2.12. The number of aliphatic hydroxyl groups is 1. The summed E-state index contributed by atoms with van der Waals surface area (Å²) < 4.78 is 10.9. The minimum atomic E-state index is 0.268. The van der Waals surface area contributed by atoms with Crippen molar-refractivity contribution in [1.82, 2.24) is 4.90 Å². The Kier molecular flexibility index (Phi) is 5.52. The van der Waals surface area contributed by atoms with E-state index in [1.54, 1.807) is 7.11 Å². The average Bonchev–Trinajstić information content (AvgIpc) is 2.86. The first-order valence-corrected chi connectivity index (χ1v) is 7.38. The molecule has 1 aliphatic heterocycles. The summed E-state index contributed by atoms with van der Waals surface area (Å²) in [5.41, 5.74) is 1.11. The first kappa shape index (κ1) is 15.4. The zero-order chi connectivity index (χ0) is 14.5. The predicted molar refractivity (Wildman–Crippen MR) is 79.6 cm³/mol. The van der Waals surface area contributed by atoms with Crippen molar-refractivity contribution < 1.29 is 14.6 Å². The summed E-state index contributed by atoms with van der Waals surface area (Å²) in [7, 11) is 1.59. The second-order valence-electron chi connectivity index (χ2n) is 5.11. The van der Waals surface area contributed by atoms with Crippen LogP contribution in [0.25, 0.3) is 0 Å². The average molecular weight is 300 g/mol. The summed E-state index contributed by atoms with van der Waals surface area (Å²) in [6, 6.07) is 3.91. The van der Waals surface area contributed by atoms with Crippen LogP contribution in [0.5, 0.6) is 11.5 Å². The number of methoxy groups -OCH3 is 1. The molecule has 0 bridgehead atoms. The number of likely N-dealkylation sites (tertiary alicyclic amines) is 1.